The van der Waals surface area contributed by atoms with Crippen LogP contribution in [0.25, 0.3) is 0 Å². The second-order valence-corrected chi connectivity index (χ2v) is 22.8. The quantitative estimate of drug-likeness (QED) is 0.0320. The van der Waals surface area contributed by atoms with Crippen molar-refractivity contribution in [1.29, 1.82) is 0 Å². The molecule has 0 rings (SSSR count). The molecule has 0 aromatic carbocycles. The first-order chi connectivity index (χ1) is 36.5. The van der Waals surface area contributed by atoms with Crippen LogP contribution in [-0.2, 0) is 14.3 Å². The summed E-state index contributed by atoms with van der Waals surface area (Å²) in [5.41, 5.74) is 0. The van der Waals surface area contributed by atoms with E-state index < -0.39 is 12.1 Å². The molecule has 0 aromatic rings. The van der Waals surface area contributed by atoms with Crippen LogP contribution in [0.1, 0.15) is 361 Å². The third-order valence-corrected chi connectivity index (χ3v) is 15.4. The van der Waals surface area contributed by atoms with Crippen molar-refractivity contribution < 1.29 is 24.5 Å². The molecule has 0 fully saturated rings. The van der Waals surface area contributed by atoms with E-state index in [-0.39, 0.29) is 18.5 Å². The minimum absolute atomic E-state index is 0.00808. The van der Waals surface area contributed by atoms with Crippen LogP contribution in [0.5, 0.6) is 0 Å². The molecular weight excluding hydrogens is 911 g/mol. The normalized spacial score (nSPS) is 12.8. The van der Waals surface area contributed by atoms with Gasteiger partial charge >= 0.3 is 5.97 Å². The number of rotatable bonds is 62. The summed E-state index contributed by atoms with van der Waals surface area (Å²) in [4.78, 5) is 24.6. The summed E-state index contributed by atoms with van der Waals surface area (Å²) in [6.45, 7) is 4.94. The minimum atomic E-state index is -0.668. The lowest BCUT2D eigenvalue weighted by molar-refractivity contribution is -0.143. The summed E-state index contributed by atoms with van der Waals surface area (Å²) >= 11 is 0. The summed E-state index contributed by atoms with van der Waals surface area (Å²) < 4.78 is 5.50. The molecule has 0 aromatic heterocycles. The molecule has 0 aliphatic rings. The van der Waals surface area contributed by atoms with Crippen molar-refractivity contribution in [2.24, 2.45) is 0 Å². The van der Waals surface area contributed by atoms with Gasteiger partial charge in [0.1, 0.15) is 0 Å². The Balaban J connectivity index is 3.39. The Morgan fingerprint density at radius 3 is 1.07 bits per heavy atom. The van der Waals surface area contributed by atoms with Crippen LogP contribution < -0.4 is 5.32 Å². The number of aliphatic hydroxyl groups is 2. The van der Waals surface area contributed by atoms with Gasteiger partial charge in [0.15, 0.2) is 0 Å². The maximum absolute atomic E-state index is 12.5. The fraction of sp³-hybridized carbons (Fsp3) is 0.882. The van der Waals surface area contributed by atoms with Gasteiger partial charge in [-0.25, -0.2) is 0 Å². The first-order valence-electron chi connectivity index (χ1n) is 33.2. The first-order valence-corrected chi connectivity index (χ1v) is 33.2. The molecular formula is C68H129NO5. The van der Waals surface area contributed by atoms with E-state index in [2.05, 4.69) is 55.6 Å². The van der Waals surface area contributed by atoms with Gasteiger partial charge in [-0.05, 0) is 83.5 Å². The highest BCUT2D eigenvalue weighted by Crippen LogP contribution is 2.18. The fourth-order valence-electron chi connectivity index (χ4n) is 10.3. The fourth-order valence-corrected chi connectivity index (χ4v) is 10.3. The molecule has 3 N–H and O–H groups in total. The monoisotopic (exact) mass is 1040 g/mol. The molecule has 0 aliphatic heterocycles. The molecule has 0 heterocycles. The van der Waals surface area contributed by atoms with Crippen LogP contribution in [0.3, 0.4) is 0 Å². The van der Waals surface area contributed by atoms with Crippen molar-refractivity contribution >= 4 is 11.9 Å². The smallest absolute Gasteiger partial charge is 0.305 e. The number of unbranched alkanes of at least 4 members (excludes halogenated alkanes) is 45. The number of amides is 1. The number of hydrogen-bond donors (Lipinski definition) is 3. The lowest BCUT2D eigenvalue weighted by atomic mass is 10.0. The zero-order valence-corrected chi connectivity index (χ0v) is 49.8. The Bertz CT molecular complexity index is 1200. The predicted molar refractivity (Wildman–Crippen MR) is 324 cm³/mol. The maximum Gasteiger partial charge on any atom is 0.305 e. The van der Waals surface area contributed by atoms with Crippen molar-refractivity contribution in [2.75, 3.05) is 13.2 Å². The number of allylic oxidation sites excluding steroid dienone is 6. The molecule has 6 heteroatoms. The number of nitrogens with one attached hydrogen (secondary N) is 1. The first kappa shape index (κ1) is 72.1. The Morgan fingerprint density at radius 1 is 0.378 bits per heavy atom. The molecule has 1 amide bonds. The molecule has 436 valence electrons. The van der Waals surface area contributed by atoms with Gasteiger partial charge in [0.05, 0.1) is 25.4 Å². The molecule has 0 bridgehead atoms. The Hall–Kier alpha value is -1.92. The number of aliphatic hydroxyl groups excluding tert-OH is 2. The highest BCUT2D eigenvalue weighted by Gasteiger charge is 2.20. The molecule has 2 atom stereocenters. The summed E-state index contributed by atoms with van der Waals surface area (Å²) in [6, 6.07) is -0.546. The van der Waals surface area contributed by atoms with Crippen LogP contribution in [-0.4, -0.2) is 47.4 Å². The second-order valence-electron chi connectivity index (χ2n) is 22.8. The molecule has 0 radical (unpaired) electrons. The summed E-state index contributed by atoms with van der Waals surface area (Å²) in [5.74, 6) is -0.0314. The zero-order chi connectivity index (χ0) is 53.6. The van der Waals surface area contributed by atoms with Gasteiger partial charge in [-0.15, -0.1) is 0 Å². The Labute approximate surface area is 462 Å². The second kappa shape index (κ2) is 63.6. The van der Waals surface area contributed by atoms with Crippen molar-refractivity contribution in [1.82, 2.24) is 5.32 Å². The highest BCUT2D eigenvalue weighted by atomic mass is 16.5. The summed E-state index contributed by atoms with van der Waals surface area (Å²) in [7, 11) is 0. The molecule has 0 aliphatic carbocycles. The van der Waals surface area contributed by atoms with Gasteiger partial charge < -0.3 is 20.3 Å². The topological polar surface area (TPSA) is 95.9 Å². The van der Waals surface area contributed by atoms with E-state index in [1.54, 1.807) is 0 Å². The van der Waals surface area contributed by atoms with Gasteiger partial charge in [-0.1, -0.05) is 301 Å². The van der Waals surface area contributed by atoms with Crippen LogP contribution in [0, 0.1) is 0 Å². The number of hydrogen-bond acceptors (Lipinski definition) is 5. The van der Waals surface area contributed by atoms with E-state index in [1.807, 2.05) is 0 Å². The molecule has 74 heavy (non-hydrogen) atoms. The van der Waals surface area contributed by atoms with Crippen LogP contribution in [0.2, 0.25) is 0 Å². The number of carbonyl (C=O) groups excluding carboxylic acids is 2. The van der Waals surface area contributed by atoms with Crippen molar-refractivity contribution in [3.05, 3.63) is 36.5 Å². The van der Waals surface area contributed by atoms with Crippen LogP contribution in [0.4, 0.5) is 0 Å². The Morgan fingerprint density at radius 2 is 0.676 bits per heavy atom. The third kappa shape index (κ3) is 59.3. The van der Waals surface area contributed by atoms with E-state index in [1.165, 1.54) is 276 Å². The molecule has 0 spiro atoms. The van der Waals surface area contributed by atoms with Crippen molar-refractivity contribution in [3.63, 3.8) is 0 Å². The average Bonchev–Trinajstić information content (AvgIpc) is 3.40. The average molecular weight is 1040 g/mol. The van der Waals surface area contributed by atoms with Gasteiger partial charge in [0.25, 0.3) is 0 Å². The third-order valence-electron chi connectivity index (χ3n) is 15.4. The Kier molecular flexibility index (Phi) is 62.0. The summed E-state index contributed by atoms with van der Waals surface area (Å²) in [6.07, 6.45) is 80.2. The van der Waals surface area contributed by atoms with E-state index in [4.69, 9.17) is 4.74 Å². The van der Waals surface area contributed by atoms with E-state index in [0.717, 1.165) is 51.4 Å². The predicted octanol–water partition coefficient (Wildman–Crippen LogP) is 21.1. The molecule has 0 saturated heterocycles. The molecule has 6 nitrogen and oxygen atoms in total. The largest absolute Gasteiger partial charge is 0.466 e. The SMILES string of the molecule is CCCCC/C=C\C/C=C\CCCCCCCCCCCC(=O)OCCCCCCCCCCCCCC/C=C\CCCCCCCCCC(=O)NC(CO)C(O)CCCCCCCCCCCCCCCCC. The van der Waals surface area contributed by atoms with Crippen LogP contribution >= 0.6 is 0 Å². The summed E-state index contributed by atoms with van der Waals surface area (Å²) in [5, 5.41) is 23.3. The molecule has 2 unspecified atom stereocenters. The van der Waals surface area contributed by atoms with E-state index in [0.29, 0.717) is 25.9 Å². The minimum Gasteiger partial charge on any atom is -0.466 e. The van der Waals surface area contributed by atoms with E-state index in [9.17, 15) is 19.8 Å². The van der Waals surface area contributed by atoms with Crippen LogP contribution in [0.15, 0.2) is 36.5 Å². The van der Waals surface area contributed by atoms with Gasteiger partial charge in [-0.3, -0.25) is 9.59 Å². The highest BCUT2D eigenvalue weighted by molar-refractivity contribution is 5.76. The lowest BCUT2D eigenvalue weighted by Crippen LogP contribution is -2.45. The van der Waals surface area contributed by atoms with E-state index >= 15 is 0 Å². The number of esters is 1. The lowest BCUT2D eigenvalue weighted by Gasteiger charge is -2.22. The van der Waals surface area contributed by atoms with Gasteiger partial charge in [0.2, 0.25) is 5.91 Å². The molecule has 0 saturated carbocycles. The van der Waals surface area contributed by atoms with Gasteiger partial charge in [0, 0.05) is 12.8 Å². The zero-order valence-electron chi connectivity index (χ0n) is 49.8. The number of carbonyl (C=O) groups is 2. The maximum atomic E-state index is 12.5. The number of ether oxygens (including phenoxy) is 1. The van der Waals surface area contributed by atoms with Crippen molar-refractivity contribution in [2.45, 2.75) is 373 Å². The standard InChI is InChI=1S/C68H129NO5/c1-3-5-7-9-11-13-15-17-19-20-26-30-34-38-42-46-50-54-58-62-68(73)74-63-59-55-51-47-43-39-35-31-28-25-23-21-22-24-27-29-33-37-41-45-49-53-57-61-67(72)69-65(64-70)66(71)60-56-52-48-44-40-36-32-18-16-14-12-10-8-6-4-2/h11,13,17,19,24,27,65-66,70-71H,3-10,12,14-16,18,20-23,25-26,28-64H2,1-2H3,(H,69,72)/b13-11-,19-17-,27-24-. The van der Waals surface area contributed by atoms with Gasteiger partial charge in [-0.2, -0.15) is 0 Å². The van der Waals surface area contributed by atoms with Crippen molar-refractivity contribution in [3.8, 4) is 0 Å².